The lowest BCUT2D eigenvalue weighted by atomic mass is 10.1. The molecule has 2 heterocycles. The molecule has 0 radical (unpaired) electrons. The van der Waals surface area contributed by atoms with Crippen molar-refractivity contribution in [3.8, 4) is 0 Å². The Morgan fingerprint density at radius 1 is 1.33 bits per heavy atom. The summed E-state index contributed by atoms with van der Waals surface area (Å²) in [4.78, 5) is 4.06. The van der Waals surface area contributed by atoms with Crippen molar-refractivity contribution < 1.29 is 22.4 Å². The van der Waals surface area contributed by atoms with E-state index in [1.54, 1.807) is 0 Å². The van der Waals surface area contributed by atoms with E-state index in [2.05, 4.69) is 20.2 Å². The number of nitrogens with zero attached hydrogens (tertiary/aromatic N) is 2. The van der Waals surface area contributed by atoms with Gasteiger partial charge in [0.15, 0.2) is 5.82 Å². The van der Waals surface area contributed by atoms with Gasteiger partial charge in [-0.25, -0.2) is 0 Å². The summed E-state index contributed by atoms with van der Waals surface area (Å²) in [5.41, 5.74) is 2.13. The first-order valence-electron chi connectivity index (χ1n) is 6.33. The van der Waals surface area contributed by atoms with Crippen LogP contribution in [0.25, 0.3) is 0 Å². The lowest BCUT2D eigenvalue weighted by Gasteiger charge is -2.05. The number of para-hydroxylation sites is 1. The van der Waals surface area contributed by atoms with Crippen LogP contribution in [0.5, 0.6) is 0 Å². The fourth-order valence-corrected chi connectivity index (χ4v) is 2.17. The normalized spacial score (nSPS) is 17.6. The van der Waals surface area contributed by atoms with E-state index in [1.807, 2.05) is 24.3 Å². The van der Waals surface area contributed by atoms with Crippen molar-refractivity contribution in [2.24, 2.45) is 0 Å². The fourth-order valence-electron chi connectivity index (χ4n) is 2.17. The second kappa shape index (κ2) is 5.36. The quantitative estimate of drug-likeness (QED) is 0.940. The van der Waals surface area contributed by atoms with Crippen LogP contribution in [-0.2, 0) is 17.8 Å². The van der Waals surface area contributed by atoms with Crippen LogP contribution in [0.15, 0.2) is 28.8 Å². The first-order chi connectivity index (χ1) is 10.0. The van der Waals surface area contributed by atoms with Gasteiger partial charge in [0.05, 0.1) is 0 Å². The highest BCUT2D eigenvalue weighted by Crippen LogP contribution is 2.33. The van der Waals surface area contributed by atoms with Crippen LogP contribution in [0.1, 0.15) is 23.3 Å². The molecule has 0 amide bonds. The van der Waals surface area contributed by atoms with Gasteiger partial charge in [-0.15, -0.1) is 0 Å². The van der Waals surface area contributed by atoms with Crippen molar-refractivity contribution in [1.29, 1.82) is 0 Å². The van der Waals surface area contributed by atoms with Gasteiger partial charge >= 0.3 is 6.18 Å². The largest absolute Gasteiger partial charge is 0.411 e. The molecule has 1 aliphatic rings. The van der Waals surface area contributed by atoms with E-state index < -0.39 is 12.8 Å². The average Bonchev–Trinajstić information content (AvgIpc) is 3.02. The summed E-state index contributed by atoms with van der Waals surface area (Å²) < 4.78 is 45.5. The first-order valence-corrected chi connectivity index (χ1v) is 6.33. The molecular weight excluding hydrogens is 287 g/mol. The number of anilines is 1. The van der Waals surface area contributed by atoms with Gasteiger partial charge in [-0.1, -0.05) is 23.4 Å². The number of fused-ring (bicyclic) bond motifs is 1. The number of nitrogens with one attached hydrogen (secondary N) is 1. The van der Waals surface area contributed by atoms with Crippen LogP contribution in [-0.4, -0.2) is 22.9 Å². The second-order valence-electron chi connectivity index (χ2n) is 4.72. The highest BCUT2D eigenvalue weighted by molar-refractivity contribution is 5.56. The zero-order chi connectivity index (χ0) is 14.9. The Bertz CT molecular complexity index is 602. The smallest absolute Gasteiger partial charge is 0.373 e. The molecule has 1 atom stereocenters. The Kier molecular flexibility index (Phi) is 3.54. The summed E-state index contributed by atoms with van der Waals surface area (Å²) in [5, 5.41) is 6.85. The fraction of sp³-hybridized carbons (Fsp3) is 0.385. The van der Waals surface area contributed by atoms with Crippen molar-refractivity contribution in [2.75, 3.05) is 11.9 Å². The predicted molar refractivity (Wildman–Crippen MR) is 66.5 cm³/mol. The lowest BCUT2D eigenvalue weighted by molar-refractivity contribution is -0.177. The maximum atomic E-state index is 12.0. The van der Waals surface area contributed by atoms with Crippen LogP contribution in [0, 0.1) is 0 Å². The topological polar surface area (TPSA) is 60.2 Å². The van der Waals surface area contributed by atoms with E-state index in [1.165, 1.54) is 0 Å². The standard InChI is InChI=1S/C13H12F3N3O2/c14-13(15,16)7-20-6-11-18-12(21-19-11)10-5-8-3-1-2-4-9(8)17-10/h1-4,10,17H,5-7H2/t10-/m0/s1. The van der Waals surface area contributed by atoms with Crippen molar-refractivity contribution in [1.82, 2.24) is 10.1 Å². The van der Waals surface area contributed by atoms with Gasteiger partial charge in [0.25, 0.3) is 0 Å². The third kappa shape index (κ3) is 3.33. The van der Waals surface area contributed by atoms with Gasteiger partial charge in [0.2, 0.25) is 5.89 Å². The highest BCUT2D eigenvalue weighted by Gasteiger charge is 2.29. The monoisotopic (exact) mass is 299 g/mol. The number of aromatic nitrogens is 2. The number of ether oxygens (including phenoxy) is 1. The molecule has 0 fully saturated rings. The molecule has 3 rings (SSSR count). The molecule has 2 aromatic rings. The van der Waals surface area contributed by atoms with E-state index in [-0.39, 0.29) is 18.5 Å². The molecule has 21 heavy (non-hydrogen) atoms. The first kappa shape index (κ1) is 13.9. The molecule has 1 aliphatic heterocycles. The van der Waals surface area contributed by atoms with Crippen LogP contribution in [0.3, 0.4) is 0 Å². The van der Waals surface area contributed by atoms with Gasteiger partial charge in [-0.2, -0.15) is 18.2 Å². The van der Waals surface area contributed by atoms with E-state index in [4.69, 9.17) is 4.52 Å². The highest BCUT2D eigenvalue weighted by atomic mass is 19.4. The summed E-state index contributed by atoms with van der Waals surface area (Å²) in [6.07, 6.45) is -3.66. The Morgan fingerprint density at radius 3 is 2.90 bits per heavy atom. The third-order valence-corrected chi connectivity index (χ3v) is 3.05. The molecule has 0 spiro atoms. The van der Waals surface area contributed by atoms with Crippen LogP contribution in [0.2, 0.25) is 0 Å². The van der Waals surface area contributed by atoms with Gasteiger partial charge in [-0.05, 0) is 11.6 Å². The second-order valence-corrected chi connectivity index (χ2v) is 4.72. The average molecular weight is 299 g/mol. The van der Waals surface area contributed by atoms with E-state index in [0.717, 1.165) is 11.3 Å². The predicted octanol–water partition coefficient (Wildman–Crippen LogP) is 2.86. The summed E-state index contributed by atoms with van der Waals surface area (Å²) in [7, 11) is 0. The third-order valence-electron chi connectivity index (χ3n) is 3.05. The molecule has 0 aliphatic carbocycles. The molecular formula is C13H12F3N3O2. The van der Waals surface area contributed by atoms with Crippen LogP contribution >= 0.6 is 0 Å². The zero-order valence-corrected chi connectivity index (χ0v) is 10.9. The SMILES string of the molecule is FC(F)(F)COCc1noc([C@@H]2Cc3ccccc3N2)n1. The van der Waals surface area contributed by atoms with Gasteiger partial charge in [0, 0.05) is 12.1 Å². The summed E-state index contributed by atoms with van der Waals surface area (Å²) in [6, 6.07) is 7.63. The van der Waals surface area contributed by atoms with Crippen molar-refractivity contribution in [3.05, 3.63) is 41.5 Å². The minimum Gasteiger partial charge on any atom is -0.373 e. The maximum absolute atomic E-state index is 12.0. The molecule has 0 bridgehead atoms. The van der Waals surface area contributed by atoms with Crippen molar-refractivity contribution in [3.63, 3.8) is 0 Å². The lowest BCUT2D eigenvalue weighted by Crippen LogP contribution is -2.17. The summed E-state index contributed by atoms with van der Waals surface area (Å²) in [6.45, 7) is -1.66. The van der Waals surface area contributed by atoms with Gasteiger partial charge < -0.3 is 14.6 Å². The van der Waals surface area contributed by atoms with E-state index in [9.17, 15) is 13.2 Å². The maximum Gasteiger partial charge on any atom is 0.411 e. The minimum absolute atomic E-state index is 0.104. The number of benzene rings is 1. The molecule has 1 aromatic heterocycles. The molecule has 0 saturated carbocycles. The Morgan fingerprint density at radius 2 is 2.14 bits per heavy atom. The molecule has 5 nitrogen and oxygen atoms in total. The van der Waals surface area contributed by atoms with Crippen molar-refractivity contribution in [2.45, 2.75) is 25.2 Å². The Labute approximate surface area is 118 Å². The van der Waals surface area contributed by atoms with Crippen LogP contribution < -0.4 is 5.32 Å². The van der Waals surface area contributed by atoms with E-state index >= 15 is 0 Å². The molecule has 0 unspecified atom stereocenters. The van der Waals surface area contributed by atoms with Gasteiger partial charge in [-0.3, -0.25) is 0 Å². The number of halogens is 3. The van der Waals surface area contributed by atoms with Crippen molar-refractivity contribution >= 4 is 5.69 Å². The minimum atomic E-state index is -4.36. The van der Waals surface area contributed by atoms with E-state index in [0.29, 0.717) is 12.3 Å². The summed E-state index contributed by atoms with van der Waals surface area (Å²) in [5.74, 6) is 0.448. The molecule has 0 saturated heterocycles. The molecule has 112 valence electrons. The molecule has 1 N–H and O–H groups in total. The number of hydrogen-bond acceptors (Lipinski definition) is 5. The number of rotatable bonds is 4. The number of hydrogen-bond donors (Lipinski definition) is 1. The number of alkyl halides is 3. The molecule has 1 aromatic carbocycles. The Balaban J connectivity index is 1.59. The summed E-state index contributed by atoms with van der Waals surface area (Å²) >= 11 is 0. The zero-order valence-electron chi connectivity index (χ0n) is 10.9. The molecule has 8 heteroatoms. The van der Waals surface area contributed by atoms with Crippen LogP contribution in [0.4, 0.5) is 18.9 Å². The van der Waals surface area contributed by atoms with Gasteiger partial charge in [0.1, 0.15) is 19.3 Å². The Hall–Kier alpha value is -2.09.